The molecule has 0 spiro atoms. The number of methoxy groups -OCH3 is 1. The average molecular weight is 172 g/mol. The lowest BCUT2D eigenvalue weighted by Crippen LogP contribution is -2.51. The van der Waals surface area contributed by atoms with Crippen LogP contribution in [0.15, 0.2) is 0 Å². The van der Waals surface area contributed by atoms with Crippen molar-refractivity contribution in [3.8, 4) is 0 Å². The number of hydrogen-bond donors (Lipinski definition) is 2. The summed E-state index contributed by atoms with van der Waals surface area (Å²) < 4.78 is 5.47. The Kier molecular flexibility index (Phi) is 3.50. The van der Waals surface area contributed by atoms with Gasteiger partial charge in [-0.25, -0.2) is 0 Å². The maximum absolute atomic E-state index is 5.50. The molecule has 0 bridgehead atoms. The summed E-state index contributed by atoms with van der Waals surface area (Å²) >= 11 is 0. The summed E-state index contributed by atoms with van der Waals surface area (Å²) in [5.41, 5.74) is 5.63. The molecule has 1 fully saturated rings. The standard InChI is InChI=1S/C9H20N2O/c1-8(6-10)11-7-9(12-2)4-3-5-9/h8,11H,3-7,10H2,1-2H3. The van der Waals surface area contributed by atoms with Gasteiger partial charge in [-0.1, -0.05) is 0 Å². The molecule has 0 heterocycles. The lowest BCUT2D eigenvalue weighted by Gasteiger charge is -2.41. The number of nitrogens with two attached hydrogens (primary N) is 1. The fraction of sp³-hybridized carbons (Fsp3) is 1.00. The maximum Gasteiger partial charge on any atom is 0.0802 e. The first-order chi connectivity index (χ1) is 5.72. The van der Waals surface area contributed by atoms with Gasteiger partial charge in [0.1, 0.15) is 0 Å². The van der Waals surface area contributed by atoms with E-state index >= 15 is 0 Å². The normalized spacial score (nSPS) is 23.2. The predicted molar refractivity (Wildman–Crippen MR) is 50.1 cm³/mol. The van der Waals surface area contributed by atoms with Crippen LogP contribution in [0.5, 0.6) is 0 Å². The van der Waals surface area contributed by atoms with Crippen LogP contribution in [-0.2, 0) is 4.74 Å². The molecule has 0 aromatic rings. The Morgan fingerprint density at radius 2 is 2.25 bits per heavy atom. The second kappa shape index (κ2) is 4.21. The number of nitrogens with one attached hydrogen (secondary N) is 1. The van der Waals surface area contributed by atoms with Crippen molar-refractivity contribution in [2.24, 2.45) is 5.73 Å². The molecular weight excluding hydrogens is 152 g/mol. The van der Waals surface area contributed by atoms with Gasteiger partial charge in [-0.2, -0.15) is 0 Å². The van der Waals surface area contributed by atoms with Crippen molar-refractivity contribution in [2.75, 3.05) is 20.2 Å². The summed E-state index contributed by atoms with van der Waals surface area (Å²) in [6.07, 6.45) is 3.67. The zero-order valence-electron chi connectivity index (χ0n) is 8.10. The van der Waals surface area contributed by atoms with E-state index in [0.29, 0.717) is 12.6 Å². The smallest absolute Gasteiger partial charge is 0.0802 e. The lowest BCUT2D eigenvalue weighted by molar-refractivity contribution is -0.0704. The minimum atomic E-state index is 0.128. The van der Waals surface area contributed by atoms with Gasteiger partial charge in [0.05, 0.1) is 5.60 Å². The lowest BCUT2D eigenvalue weighted by atomic mass is 9.80. The minimum Gasteiger partial charge on any atom is -0.377 e. The summed E-state index contributed by atoms with van der Waals surface area (Å²) in [5, 5.41) is 3.38. The van der Waals surface area contributed by atoms with Crippen LogP contribution < -0.4 is 11.1 Å². The van der Waals surface area contributed by atoms with Crippen molar-refractivity contribution in [3.05, 3.63) is 0 Å². The van der Waals surface area contributed by atoms with E-state index < -0.39 is 0 Å². The average Bonchev–Trinajstić information content (AvgIpc) is 2.03. The maximum atomic E-state index is 5.50. The second-order valence-corrected chi connectivity index (χ2v) is 3.76. The highest BCUT2D eigenvalue weighted by molar-refractivity contribution is 4.91. The van der Waals surface area contributed by atoms with Crippen LogP contribution in [0.3, 0.4) is 0 Å². The Labute approximate surface area is 74.7 Å². The summed E-state index contributed by atoms with van der Waals surface area (Å²) in [5.74, 6) is 0. The third kappa shape index (κ3) is 2.19. The number of rotatable bonds is 5. The van der Waals surface area contributed by atoms with Gasteiger partial charge in [-0.05, 0) is 26.2 Å². The molecule has 1 atom stereocenters. The van der Waals surface area contributed by atoms with Crippen LogP contribution in [0, 0.1) is 0 Å². The van der Waals surface area contributed by atoms with E-state index in [9.17, 15) is 0 Å². The molecule has 3 nitrogen and oxygen atoms in total. The van der Waals surface area contributed by atoms with E-state index in [1.165, 1.54) is 19.3 Å². The van der Waals surface area contributed by atoms with E-state index in [2.05, 4.69) is 12.2 Å². The zero-order chi connectivity index (χ0) is 9.03. The summed E-state index contributed by atoms with van der Waals surface area (Å²) in [4.78, 5) is 0. The molecule has 1 rings (SSSR count). The second-order valence-electron chi connectivity index (χ2n) is 3.76. The van der Waals surface area contributed by atoms with E-state index in [1.807, 2.05) is 0 Å². The third-order valence-corrected chi connectivity index (χ3v) is 2.82. The SMILES string of the molecule is COC1(CNC(C)CN)CCC1. The van der Waals surface area contributed by atoms with E-state index in [0.717, 1.165) is 6.54 Å². The highest BCUT2D eigenvalue weighted by Gasteiger charge is 2.36. The van der Waals surface area contributed by atoms with Crippen LogP contribution >= 0.6 is 0 Å². The van der Waals surface area contributed by atoms with Crippen molar-refractivity contribution in [1.82, 2.24) is 5.32 Å². The Morgan fingerprint density at radius 1 is 1.58 bits per heavy atom. The molecule has 3 N–H and O–H groups in total. The summed E-state index contributed by atoms with van der Waals surface area (Å²) in [6.45, 7) is 3.74. The van der Waals surface area contributed by atoms with Crippen LogP contribution in [-0.4, -0.2) is 31.8 Å². The molecule has 1 aliphatic rings. The molecule has 3 heteroatoms. The first-order valence-corrected chi connectivity index (χ1v) is 4.71. The molecule has 0 amide bonds. The molecule has 1 unspecified atom stereocenters. The highest BCUT2D eigenvalue weighted by Crippen LogP contribution is 2.34. The van der Waals surface area contributed by atoms with Gasteiger partial charge in [0.25, 0.3) is 0 Å². The fourth-order valence-corrected chi connectivity index (χ4v) is 1.47. The number of ether oxygens (including phenoxy) is 1. The topological polar surface area (TPSA) is 47.3 Å². The fourth-order valence-electron chi connectivity index (χ4n) is 1.47. The predicted octanol–water partition coefficient (Wildman–Crippen LogP) is 0.492. The van der Waals surface area contributed by atoms with Crippen LogP contribution in [0.2, 0.25) is 0 Å². The van der Waals surface area contributed by atoms with E-state index in [4.69, 9.17) is 10.5 Å². The van der Waals surface area contributed by atoms with Crippen molar-refractivity contribution >= 4 is 0 Å². The molecule has 0 aromatic heterocycles. The van der Waals surface area contributed by atoms with Gasteiger partial charge in [0.2, 0.25) is 0 Å². The largest absolute Gasteiger partial charge is 0.377 e. The Balaban J connectivity index is 2.20. The van der Waals surface area contributed by atoms with Gasteiger partial charge < -0.3 is 15.8 Å². The van der Waals surface area contributed by atoms with Crippen molar-refractivity contribution < 1.29 is 4.74 Å². The minimum absolute atomic E-state index is 0.128. The van der Waals surface area contributed by atoms with Crippen LogP contribution in [0.1, 0.15) is 26.2 Å². The van der Waals surface area contributed by atoms with E-state index in [1.54, 1.807) is 7.11 Å². The van der Waals surface area contributed by atoms with Crippen molar-refractivity contribution in [2.45, 2.75) is 37.8 Å². The monoisotopic (exact) mass is 172 g/mol. The highest BCUT2D eigenvalue weighted by atomic mass is 16.5. The molecule has 0 aromatic carbocycles. The van der Waals surface area contributed by atoms with Gasteiger partial charge in [0, 0.05) is 26.2 Å². The Hall–Kier alpha value is -0.120. The molecule has 1 saturated carbocycles. The number of hydrogen-bond acceptors (Lipinski definition) is 3. The van der Waals surface area contributed by atoms with Gasteiger partial charge >= 0.3 is 0 Å². The van der Waals surface area contributed by atoms with Crippen molar-refractivity contribution in [3.63, 3.8) is 0 Å². The zero-order valence-corrected chi connectivity index (χ0v) is 8.10. The molecular formula is C9H20N2O. The van der Waals surface area contributed by atoms with Crippen LogP contribution in [0.25, 0.3) is 0 Å². The van der Waals surface area contributed by atoms with Gasteiger partial charge in [0.15, 0.2) is 0 Å². The van der Waals surface area contributed by atoms with Gasteiger partial charge in [-0.3, -0.25) is 0 Å². The first kappa shape index (κ1) is 9.96. The van der Waals surface area contributed by atoms with Crippen molar-refractivity contribution in [1.29, 1.82) is 0 Å². The molecule has 12 heavy (non-hydrogen) atoms. The molecule has 0 radical (unpaired) electrons. The van der Waals surface area contributed by atoms with E-state index in [-0.39, 0.29) is 5.60 Å². The quantitative estimate of drug-likeness (QED) is 0.634. The van der Waals surface area contributed by atoms with Gasteiger partial charge in [-0.15, -0.1) is 0 Å². The molecule has 72 valence electrons. The summed E-state index contributed by atoms with van der Waals surface area (Å²) in [6, 6.07) is 0.401. The molecule has 0 aliphatic heterocycles. The molecule has 0 saturated heterocycles. The summed E-state index contributed by atoms with van der Waals surface area (Å²) in [7, 11) is 1.80. The van der Waals surface area contributed by atoms with Crippen LogP contribution in [0.4, 0.5) is 0 Å². The Morgan fingerprint density at radius 3 is 2.58 bits per heavy atom. The Bertz CT molecular complexity index is 129. The first-order valence-electron chi connectivity index (χ1n) is 4.71. The molecule has 1 aliphatic carbocycles. The third-order valence-electron chi connectivity index (χ3n) is 2.82.